The fourth-order valence-electron chi connectivity index (χ4n) is 7.21. The molecule has 0 spiro atoms. The van der Waals surface area contributed by atoms with E-state index in [0.29, 0.717) is 43.0 Å². The van der Waals surface area contributed by atoms with Crippen molar-refractivity contribution in [2.45, 2.75) is 0 Å². The van der Waals surface area contributed by atoms with Crippen LogP contribution in [0.5, 0.6) is 0 Å². The van der Waals surface area contributed by atoms with Crippen molar-refractivity contribution in [2.24, 2.45) is 0 Å². The van der Waals surface area contributed by atoms with Gasteiger partial charge in [0.05, 0.1) is 32.5 Å². The van der Waals surface area contributed by atoms with Crippen LogP contribution in [0.1, 0.15) is 0 Å². The molecule has 6 aromatic carbocycles. The van der Waals surface area contributed by atoms with Crippen LogP contribution in [0.3, 0.4) is 0 Å². The number of rotatable bonds is 2. The van der Waals surface area contributed by atoms with Gasteiger partial charge in [-0.15, -0.1) is 27.7 Å². The SMILES string of the molecule is [B]c1c([B])c([B])c2c(sc3c(-n4c5ccccc5c5c6c7ccccc7n(-c7ccccc7)c6ccc54)c([B])c([B])c([B])c32)c1[B]. The molecule has 0 bridgehead atoms. The summed E-state index contributed by atoms with van der Waals surface area (Å²) in [7, 11) is 46.0. The molecule has 3 heterocycles. The summed E-state index contributed by atoms with van der Waals surface area (Å²) in [6, 6.07) is 31.6. The van der Waals surface area contributed by atoms with Crippen molar-refractivity contribution in [3.8, 4) is 11.4 Å². The number of para-hydroxylation sites is 3. The molecule has 14 radical (unpaired) electrons. The van der Waals surface area contributed by atoms with E-state index in [1.165, 1.54) is 11.3 Å². The van der Waals surface area contributed by atoms with Gasteiger partial charge in [0.2, 0.25) is 0 Å². The molecule has 10 heteroatoms. The van der Waals surface area contributed by atoms with Crippen LogP contribution in [0.25, 0.3) is 75.2 Å². The van der Waals surface area contributed by atoms with Crippen molar-refractivity contribution in [3.05, 3.63) is 91.0 Å². The van der Waals surface area contributed by atoms with Crippen LogP contribution in [0.4, 0.5) is 0 Å². The molecule has 0 saturated carbocycles. The molecule has 0 atom stereocenters. The van der Waals surface area contributed by atoms with Gasteiger partial charge in [0.15, 0.2) is 0 Å². The van der Waals surface area contributed by atoms with Gasteiger partial charge in [-0.05, 0) is 47.2 Å². The van der Waals surface area contributed by atoms with Crippen LogP contribution in [-0.2, 0) is 0 Å². The molecule has 2 nitrogen and oxygen atoms in total. The van der Waals surface area contributed by atoms with E-state index >= 15 is 0 Å². The van der Waals surface area contributed by atoms with Gasteiger partial charge in [-0.25, -0.2) is 0 Å². The standard InChI is InChI=1S/C36H15B7N2S/c37-27-25-26-28(38)30(40)32(42)34(36(26)46-35(25)33(43)31(41)29(27)39)45-20-13-7-5-11-18(20)24-22(45)15-14-21-23(24)17-10-4-6-12-19(17)44(21)16-8-2-1-3-9-16/h1-15H. The smallest absolute Gasteiger partial charge is 0.115 e. The van der Waals surface area contributed by atoms with Gasteiger partial charge in [-0.3, -0.25) is 0 Å². The molecule has 0 aliphatic rings. The highest BCUT2D eigenvalue weighted by atomic mass is 32.1. The summed E-state index contributed by atoms with van der Waals surface area (Å²) in [5, 5.41) is 5.77. The average molecular weight is 583 g/mol. The van der Waals surface area contributed by atoms with E-state index in [1.54, 1.807) is 0 Å². The lowest BCUT2D eigenvalue weighted by atomic mass is 9.64. The van der Waals surface area contributed by atoms with E-state index < -0.39 is 0 Å². The first-order valence-electron chi connectivity index (χ1n) is 14.7. The zero-order chi connectivity index (χ0) is 31.6. The highest BCUT2D eigenvalue weighted by Gasteiger charge is 2.25. The van der Waals surface area contributed by atoms with Gasteiger partial charge < -0.3 is 9.13 Å². The highest BCUT2D eigenvalue weighted by molar-refractivity contribution is 7.28. The molecule has 9 aromatic rings. The van der Waals surface area contributed by atoms with Crippen LogP contribution in [0.15, 0.2) is 91.0 Å². The molecule has 0 unspecified atom stereocenters. The van der Waals surface area contributed by atoms with Gasteiger partial charge in [-0.2, -0.15) is 0 Å². The lowest BCUT2D eigenvalue weighted by molar-refractivity contribution is 1.18. The zero-order valence-electron chi connectivity index (χ0n) is 24.5. The summed E-state index contributed by atoms with van der Waals surface area (Å²) in [6.45, 7) is 0. The fraction of sp³-hybridized carbons (Fsp3) is 0. The Bertz CT molecular complexity index is 2780. The van der Waals surface area contributed by atoms with Gasteiger partial charge >= 0.3 is 0 Å². The Balaban J connectivity index is 1.52. The predicted molar refractivity (Wildman–Crippen MR) is 206 cm³/mol. The van der Waals surface area contributed by atoms with Crippen LogP contribution in [0.2, 0.25) is 0 Å². The van der Waals surface area contributed by atoms with Crippen LogP contribution >= 0.6 is 11.3 Å². The largest absolute Gasteiger partial charge is 0.309 e. The van der Waals surface area contributed by atoms with Crippen molar-refractivity contribution in [3.63, 3.8) is 0 Å². The van der Waals surface area contributed by atoms with Crippen molar-refractivity contribution in [1.29, 1.82) is 0 Å². The molecule has 196 valence electrons. The zero-order valence-corrected chi connectivity index (χ0v) is 25.3. The maximum atomic E-state index is 6.93. The summed E-state index contributed by atoms with van der Waals surface area (Å²) < 4.78 is 5.97. The molecule has 0 fully saturated rings. The molecule has 46 heavy (non-hydrogen) atoms. The van der Waals surface area contributed by atoms with Crippen molar-refractivity contribution >= 4 is 168 Å². The molecule has 0 aliphatic carbocycles. The third-order valence-corrected chi connectivity index (χ3v) is 10.6. The molecule has 0 amide bonds. The van der Waals surface area contributed by atoms with Crippen LogP contribution in [-0.4, -0.2) is 64.1 Å². The molecule has 0 aliphatic heterocycles. The second kappa shape index (κ2) is 9.80. The first-order valence-corrected chi connectivity index (χ1v) is 15.6. The van der Waals surface area contributed by atoms with Crippen molar-refractivity contribution in [2.75, 3.05) is 0 Å². The topological polar surface area (TPSA) is 9.86 Å². The summed E-state index contributed by atoms with van der Waals surface area (Å²) in [5.41, 5.74) is 8.04. The Morgan fingerprint density at radius 2 is 0.848 bits per heavy atom. The van der Waals surface area contributed by atoms with Gasteiger partial charge in [-0.1, -0.05) is 76.4 Å². The maximum Gasteiger partial charge on any atom is 0.115 e. The summed E-state index contributed by atoms with van der Waals surface area (Å²) in [4.78, 5) is 0. The van der Waals surface area contributed by atoms with E-state index in [-0.39, 0.29) is 16.4 Å². The quantitative estimate of drug-likeness (QED) is 0.275. The third kappa shape index (κ3) is 3.46. The molecule has 9 rings (SSSR count). The Morgan fingerprint density at radius 3 is 1.48 bits per heavy atom. The lowest BCUT2D eigenvalue weighted by Gasteiger charge is -2.19. The Morgan fingerprint density at radius 1 is 0.370 bits per heavy atom. The second-order valence-electron chi connectivity index (χ2n) is 11.6. The minimum absolute atomic E-state index is 0.218. The monoisotopic (exact) mass is 584 g/mol. The molecular formula is C36H15B7N2S. The van der Waals surface area contributed by atoms with Crippen molar-refractivity contribution < 1.29 is 0 Å². The predicted octanol–water partition coefficient (Wildman–Crippen LogP) is 1.81. The summed E-state index contributed by atoms with van der Waals surface area (Å²) in [5.74, 6) is 0. The van der Waals surface area contributed by atoms with E-state index in [1.807, 2.05) is 12.1 Å². The number of benzene rings is 6. The first kappa shape index (κ1) is 27.9. The number of fused-ring (bicyclic) bond motifs is 10. The number of nitrogens with zero attached hydrogens (tertiary/aromatic N) is 2. The van der Waals surface area contributed by atoms with Crippen LogP contribution < -0.4 is 38.2 Å². The Kier molecular flexibility index (Phi) is 5.94. The van der Waals surface area contributed by atoms with Crippen molar-refractivity contribution in [1.82, 2.24) is 9.13 Å². The minimum Gasteiger partial charge on any atom is -0.309 e. The highest BCUT2D eigenvalue weighted by Crippen LogP contribution is 2.43. The molecule has 0 N–H and O–H groups in total. The molecule has 3 aromatic heterocycles. The van der Waals surface area contributed by atoms with E-state index in [0.717, 1.165) is 54.0 Å². The van der Waals surface area contributed by atoms with Crippen LogP contribution in [0, 0.1) is 0 Å². The maximum absolute atomic E-state index is 6.93. The number of aromatic nitrogens is 2. The Labute approximate surface area is 278 Å². The minimum atomic E-state index is 0.218. The third-order valence-electron chi connectivity index (χ3n) is 9.32. The van der Waals surface area contributed by atoms with E-state index in [9.17, 15) is 0 Å². The summed E-state index contributed by atoms with van der Waals surface area (Å²) in [6.07, 6.45) is 0. The average Bonchev–Trinajstić information content (AvgIpc) is 3.75. The van der Waals surface area contributed by atoms with Gasteiger partial charge in [0.25, 0.3) is 0 Å². The van der Waals surface area contributed by atoms with E-state index in [2.05, 4.69) is 88.0 Å². The molecule has 0 saturated heterocycles. The van der Waals surface area contributed by atoms with Gasteiger partial charge in [0, 0.05) is 31.9 Å². The molecular weight excluding hydrogens is 568 g/mol. The second-order valence-corrected chi connectivity index (χ2v) is 12.7. The lowest BCUT2D eigenvalue weighted by Crippen LogP contribution is -2.47. The van der Waals surface area contributed by atoms with E-state index in [4.69, 9.17) is 54.9 Å². The number of thiophene rings is 1. The van der Waals surface area contributed by atoms with Gasteiger partial charge in [0.1, 0.15) is 54.9 Å². The first-order chi connectivity index (χ1) is 22.3. The Hall–Kier alpha value is -4.41. The normalized spacial score (nSPS) is 12.1. The number of hydrogen-bond donors (Lipinski definition) is 0. The number of hydrogen-bond acceptors (Lipinski definition) is 1. The summed E-state index contributed by atoms with van der Waals surface area (Å²) >= 11 is 1.43. The fourth-order valence-corrected chi connectivity index (χ4v) is 8.56.